The number of benzene rings is 2. The van der Waals surface area contributed by atoms with Crippen molar-refractivity contribution in [2.24, 2.45) is 11.0 Å². The molecule has 2 aliphatic rings. The van der Waals surface area contributed by atoms with Crippen LogP contribution in [0.25, 0.3) is 0 Å². The van der Waals surface area contributed by atoms with Crippen LogP contribution in [0.1, 0.15) is 11.1 Å². The number of carbonyl (C=O) groups is 3. The molecule has 0 unspecified atom stereocenters. The van der Waals surface area contributed by atoms with Gasteiger partial charge in [0.2, 0.25) is 5.91 Å². The Morgan fingerprint density at radius 2 is 1.76 bits per heavy atom. The van der Waals surface area contributed by atoms with E-state index in [-0.39, 0.29) is 5.71 Å². The molecule has 4 rings (SSSR count). The molecule has 2 aromatic carbocycles. The summed E-state index contributed by atoms with van der Waals surface area (Å²) in [5, 5.41) is 6.16. The third-order valence-electron chi connectivity index (χ3n) is 5.22. The first-order valence-electron chi connectivity index (χ1n) is 9.00. The minimum Gasteiger partial charge on any atom is -0.464 e. The zero-order valence-corrected chi connectivity index (χ0v) is 16.8. The van der Waals surface area contributed by atoms with Gasteiger partial charge in [0.05, 0.1) is 18.5 Å². The third kappa shape index (κ3) is 2.89. The molecule has 1 fully saturated rings. The molecular weight excluding hydrogens is 394 g/mol. The number of rotatable bonds is 3. The number of aryl methyl sites for hydroxylation is 1. The van der Waals surface area contributed by atoms with Crippen LogP contribution in [-0.4, -0.2) is 36.6 Å². The summed E-state index contributed by atoms with van der Waals surface area (Å²) in [6.07, 6.45) is 0. The lowest BCUT2D eigenvalue weighted by molar-refractivity contribution is -0.133. The number of halogens is 1. The second kappa shape index (κ2) is 7.00. The van der Waals surface area contributed by atoms with E-state index >= 15 is 0 Å². The first-order valence-corrected chi connectivity index (χ1v) is 9.38. The van der Waals surface area contributed by atoms with Gasteiger partial charge in [0.15, 0.2) is 5.71 Å². The van der Waals surface area contributed by atoms with E-state index in [0.717, 1.165) is 10.5 Å². The molecule has 2 aliphatic heterocycles. The zero-order chi connectivity index (χ0) is 20.9. The highest BCUT2D eigenvalue weighted by atomic mass is 35.5. The van der Waals surface area contributed by atoms with E-state index in [2.05, 4.69) is 5.10 Å². The van der Waals surface area contributed by atoms with Crippen molar-refractivity contribution in [2.45, 2.75) is 19.9 Å². The number of carbonyl (C=O) groups excluding carboxylic acids is 3. The molecule has 0 aliphatic carbocycles. The Morgan fingerprint density at radius 3 is 2.41 bits per heavy atom. The van der Waals surface area contributed by atoms with Gasteiger partial charge >= 0.3 is 5.97 Å². The molecular formula is C21H18ClN3O4. The quantitative estimate of drug-likeness (QED) is 0.573. The van der Waals surface area contributed by atoms with E-state index in [9.17, 15) is 14.4 Å². The molecule has 0 radical (unpaired) electrons. The maximum atomic E-state index is 13.4. The van der Waals surface area contributed by atoms with Gasteiger partial charge in [-0.15, -0.1) is 0 Å². The molecule has 0 spiro atoms. The summed E-state index contributed by atoms with van der Waals surface area (Å²) in [6.45, 7) is 3.67. The molecule has 29 heavy (non-hydrogen) atoms. The molecule has 7 nitrogen and oxygen atoms in total. The van der Waals surface area contributed by atoms with Crippen LogP contribution in [0.5, 0.6) is 0 Å². The molecule has 148 valence electrons. The van der Waals surface area contributed by atoms with Crippen molar-refractivity contribution >= 4 is 46.5 Å². The highest BCUT2D eigenvalue weighted by Crippen LogP contribution is 2.39. The molecule has 2 heterocycles. The number of amides is 2. The van der Waals surface area contributed by atoms with Crippen molar-refractivity contribution in [3.8, 4) is 0 Å². The number of hydrazone groups is 1. The summed E-state index contributed by atoms with van der Waals surface area (Å²) in [6, 6.07) is 11.4. The summed E-state index contributed by atoms with van der Waals surface area (Å²) in [4.78, 5) is 40.0. The smallest absolute Gasteiger partial charge is 0.355 e. The highest BCUT2D eigenvalue weighted by molar-refractivity contribution is 6.47. The Kier molecular flexibility index (Phi) is 4.62. The summed E-state index contributed by atoms with van der Waals surface area (Å²) < 4.78 is 4.81. The standard InChI is InChI=1S/C21H18ClN3O4/c1-11-7-9-13(10-8-11)25-18-16(17(23-25)21(28)29-3)19(26)24(20(18)27)15-6-4-5-14(22)12(15)2/h4-10,16,18H,1-3H3/t16-,18+/m1/s1. The monoisotopic (exact) mass is 411 g/mol. The highest BCUT2D eigenvalue weighted by Gasteiger charge is 2.59. The normalized spacial score (nSPS) is 20.8. The van der Waals surface area contributed by atoms with E-state index < -0.39 is 29.7 Å². The van der Waals surface area contributed by atoms with Gasteiger partial charge in [-0.05, 0) is 43.7 Å². The minimum atomic E-state index is -1.05. The van der Waals surface area contributed by atoms with E-state index in [4.69, 9.17) is 16.3 Å². The number of nitrogens with zero attached hydrogens (tertiary/aromatic N) is 3. The Bertz CT molecular complexity index is 1060. The molecule has 2 aromatic rings. The summed E-state index contributed by atoms with van der Waals surface area (Å²) in [5.74, 6) is -2.77. The fourth-order valence-electron chi connectivity index (χ4n) is 3.67. The van der Waals surface area contributed by atoms with E-state index in [1.54, 1.807) is 37.3 Å². The van der Waals surface area contributed by atoms with Crippen LogP contribution in [0.4, 0.5) is 11.4 Å². The number of hydrogen-bond donors (Lipinski definition) is 0. The summed E-state index contributed by atoms with van der Waals surface area (Å²) in [5.41, 5.74) is 2.56. The number of fused-ring (bicyclic) bond motifs is 1. The fraction of sp³-hybridized carbons (Fsp3) is 0.238. The number of imide groups is 1. The lowest BCUT2D eigenvalue weighted by Gasteiger charge is -2.23. The second-order valence-corrected chi connectivity index (χ2v) is 7.38. The fourth-order valence-corrected chi connectivity index (χ4v) is 3.84. The van der Waals surface area contributed by atoms with Crippen molar-refractivity contribution < 1.29 is 19.1 Å². The first kappa shape index (κ1) is 19.1. The molecule has 2 amide bonds. The Hall–Kier alpha value is -3.19. The Labute approximate surface area is 172 Å². The van der Waals surface area contributed by atoms with Gasteiger partial charge in [-0.25, -0.2) is 9.69 Å². The molecule has 1 saturated heterocycles. The minimum absolute atomic E-state index is 0.0846. The summed E-state index contributed by atoms with van der Waals surface area (Å²) in [7, 11) is 1.22. The summed E-state index contributed by atoms with van der Waals surface area (Å²) >= 11 is 6.19. The third-order valence-corrected chi connectivity index (χ3v) is 5.63. The van der Waals surface area contributed by atoms with Crippen molar-refractivity contribution in [3.63, 3.8) is 0 Å². The van der Waals surface area contributed by atoms with Gasteiger partial charge in [-0.2, -0.15) is 5.10 Å². The largest absolute Gasteiger partial charge is 0.464 e. The van der Waals surface area contributed by atoms with Crippen molar-refractivity contribution in [3.05, 3.63) is 58.6 Å². The zero-order valence-electron chi connectivity index (χ0n) is 16.0. The number of hydrogen-bond acceptors (Lipinski definition) is 6. The van der Waals surface area contributed by atoms with E-state index in [1.165, 1.54) is 12.1 Å². The van der Waals surface area contributed by atoms with Crippen LogP contribution in [0, 0.1) is 19.8 Å². The average molecular weight is 412 g/mol. The van der Waals surface area contributed by atoms with Crippen LogP contribution in [0.15, 0.2) is 47.6 Å². The van der Waals surface area contributed by atoms with Crippen LogP contribution in [0.2, 0.25) is 5.02 Å². The second-order valence-electron chi connectivity index (χ2n) is 6.98. The van der Waals surface area contributed by atoms with Gasteiger partial charge in [0.1, 0.15) is 12.0 Å². The number of esters is 1. The first-order chi connectivity index (χ1) is 13.8. The van der Waals surface area contributed by atoms with E-state index in [0.29, 0.717) is 22.0 Å². The number of ether oxygens (including phenoxy) is 1. The van der Waals surface area contributed by atoms with Crippen molar-refractivity contribution in [2.75, 3.05) is 17.0 Å². The van der Waals surface area contributed by atoms with Gasteiger partial charge in [0, 0.05) is 5.02 Å². The molecule has 0 bridgehead atoms. The number of anilines is 2. The van der Waals surface area contributed by atoms with Crippen LogP contribution in [0.3, 0.4) is 0 Å². The SMILES string of the molecule is COC(=O)C1=NN(c2ccc(C)cc2)[C@@H]2C(=O)N(c3cccc(Cl)c3C)C(=O)[C@H]12. The molecule has 0 N–H and O–H groups in total. The van der Waals surface area contributed by atoms with E-state index in [1.807, 2.05) is 19.1 Å². The average Bonchev–Trinajstić information content (AvgIpc) is 3.22. The van der Waals surface area contributed by atoms with Gasteiger partial charge in [0.25, 0.3) is 5.91 Å². The Balaban J connectivity index is 1.83. The lowest BCUT2D eigenvalue weighted by atomic mass is 9.97. The predicted molar refractivity (Wildman–Crippen MR) is 109 cm³/mol. The number of methoxy groups -OCH3 is 1. The lowest BCUT2D eigenvalue weighted by Crippen LogP contribution is -2.39. The molecule has 0 saturated carbocycles. The van der Waals surface area contributed by atoms with Crippen LogP contribution in [-0.2, 0) is 19.1 Å². The molecule has 0 aromatic heterocycles. The predicted octanol–water partition coefficient (Wildman–Crippen LogP) is 2.86. The van der Waals surface area contributed by atoms with Gasteiger partial charge < -0.3 is 4.74 Å². The van der Waals surface area contributed by atoms with Crippen LogP contribution >= 0.6 is 11.6 Å². The van der Waals surface area contributed by atoms with Gasteiger partial charge in [-0.3, -0.25) is 14.6 Å². The van der Waals surface area contributed by atoms with Gasteiger partial charge in [-0.1, -0.05) is 35.4 Å². The van der Waals surface area contributed by atoms with Crippen molar-refractivity contribution in [1.82, 2.24) is 0 Å². The Morgan fingerprint density at radius 1 is 1.07 bits per heavy atom. The maximum Gasteiger partial charge on any atom is 0.355 e. The molecule has 2 atom stereocenters. The van der Waals surface area contributed by atoms with Crippen LogP contribution < -0.4 is 9.91 Å². The molecule has 8 heteroatoms. The van der Waals surface area contributed by atoms with Crippen molar-refractivity contribution in [1.29, 1.82) is 0 Å². The topological polar surface area (TPSA) is 79.3 Å². The maximum absolute atomic E-state index is 13.4.